The van der Waals surface area contributed by atoms with E-state index in [1.807, 2.05) is 0 Å². The number of nitrogens with two attached hydrogens (primary N) is 1. The first kappa shape index (κ1) is 10.7. The van der Waals surface area contributed by atoms with E-state index in [0.29, 0.717) is 5.84 Å². The van der Waals surface area contributed by atoms with Gasteiger partial charge in [0.15, 0.2) is 0 Å². The molecule has 0 amide bonds. The lowest BCUT2D eigenvalue weighted by Gasteiger charge is -2.08. The summed E-state index contributed by atoms with van der Waals surface area (Å²) in [6, 6.07) is 6.07. The van der Waals surface area contributed by atoms with Crippen LogP contribution in [0.25, 0.3) is 0 Å². The third-order valence-corrected chi connectivity index (χ3v) is 1.78. The Balaban J connectivity index is 2.74. The normalized spacial score (nSPS) is 14.1. The summed E-state index contributed by atoms with van der Waals surface area (Å²) in [5.41, 5.74) is 5.55. The maximum atomic E-state index is 13.1. The van der Waals surface area contributed by atoms with Crippen molar-refractivity contribution in [3.63, 3.8) is 0 Å². The number of aliphatic hydroxyl groups is 1. The Morgan fingerprint density at radius 1 is 1.57 bits per heavy atom. The van der Waals surface area contributed by atoms with Crippen molar-refractivity contribution in [2.45, 2.75) is 13.0 Å². The number of nitrogens with zero attached hydrogens (tertiary/aromatic N) is 1. The van der Waals surface area contributed by atoms with Crippen LogP contribution in [0, 0.1) is 5.82 Å². The fourth-order valence-electron chi connectivity index (χ4n) is 1.07. The van der Waals surface area contributed by atoms with Gasteiger partial charge in [0.25, 0.3) is 0 Å². The quantitative estimate of drug-likeness (QED) is 0.563. The average Bonchev–Trinajstić information content (AvgIpc) is 2.15. The molecule has 0 radical (unpaired) electrons. The Kier molecular flexibility index (Phi) is 3.59. The molecule has 1 rings (SSSR count). The van der Waals surface area contributed by atoms with Gasteiger partial charge in [0.2, 0.25) is 0 Å². The van der Waals surface area contributed by atoms with Crippen LogP contribution in [-0.4, -0.2) is 17.5 Å². The first-order valence-electron chi connectivity index (χ1n) is 4.30. The van der Waals surface area contributed by atoms with Crippen molar-refractivity contribution in [3.8, 4) is 0 Å². The largest absolute Gasteiger partial charge is 0.388 e. The smallest absolute Gasteiger partial charge is 0.129 e. The van der Waals surface area contributed by atoms with Crippen molar-refractivity contribution < 1.29 is 9.50 Å². The zero-order valence-electron chi connectivity index (χ0n) is 7.94. The lowest BCUT2D eigenvalue weighted by atomic mass is 10.1. The summed E-state index contributed by atoms with van der Waals surface area (Å²) in [6.45, 7) is 1.71. The van der Waals surface area contributed by atoms with Gasteiger partial charge in [-0.2, -0.15) is 0 Å². The molecule has 76 valence electrons. The summed E-state index contributed by atoms with van der Waals surface area (Å²) in [7, 11) is 0. The molecule has 1 aromatic rings. The molecule has 0 fully saturated rings. The van der Waals surface area contributed by atoms with Crippen LogP contribution in [0.4, 0.5) is 4.39 Å². The highest BCUT2D eigenvalue weighted by atomic mass is 18.2. The van der Waals surface area contributed by atoms with Gasteiger partial charge >= 0.3 is 0 Å². The number of halogens is 1. The zero-order chi connectivity index (χ0) is 10.6. The van der Waals surface area contributed by atoms with Gasteiger partial charge in [0, 0.05) is 5.56 Å². The summed E-state index contributed by atoms with van der Waals surface area (Å²) < 4.78 is 13.1. The Hall–Kier alpha value is -1.42. The minimum absolute atomic E-state index is 0.0866. The van der Waals surface area contributed by atoms with E-state index in [1.165, 1.54) is 12.1 Å². The SMILES string of the molecule is CC(N)=NC[C@H](O)c1ccccc1[18F]. The maximum absolute atomic E-state index is 13.1. The molecule has 0 aliphatic rings. The molecule has 14 heavy (non-hydrogen) atoms. The fraction of sp³-hybridized carbons (Fsp3) is 0.300. The molecule has 0 aliphatic heterocycles. The molecule has 4 heteroatoms. The Morgan fingerprint density at radius 3 is 2.79 bits per heavy atom. The van der Waals surface area contributed by atoms with Gasteiger partial charge in [-0.25, -0.2) is 4.39 Å². The standard InChI is InChI=1S/C10H13FN2O/c1-7(12)13-6-10(14)8-4-2-3-5-9(8)11/h2-5,10,14H,6H2,1H3,(H2,12,13)/t10-/m0/s1/i11-1. The van der Waals surface area contributed by atoms with E-state index in [1.54, 1.807) is 19.1 Å². The van der Waals surface area contributed by atoms with Gasteiger partial charge in [0.05, 0.1) is 12.4 Å². The van der Waals surface area contributed by atoms with E-state index in [-0.39, 0.29) is 12.1 Å². The lowest BCUT2D eigenvalue weighted by molar-refractivity contribution is 0.182. The van der Waals surface area contributed by atoms with Crippen LogP contribution >= 0.6 is 0 Å². The number of benzene rings is 1. The maximum Gasteiger partial charge on any atom is 0.129 e. The second kappa shape index (κ2) is 4.72. The van der Waals surface area contributed by atoms with Crippen LogP contribution in [0.2, 0.25) is 0 Å². The summed E-state index contributed by atoms with van der Waals surface area (Å²) >= 11 is 0. The molecule has 0 aromatic heterocycles. The van der Waals surface area contributed by atoms with Crippen LogP contribution < -0.4 is 5.73 Å². The molecule has 0 saturated carbocycles. The van der Waals surface area contributed by atoms with E-state index < -0.39 is 11.9 Å². The molecule has 0 unspecified atom stereocenters. The zero-order valence-corrected chi connectivity index (χ0v) is 7.94. The number of aliphatic imine (C=N–C) groups is 1. The van der Waals surface area contributed by atoms with Crippen molar-refractivity contribution in [2.24, 2.45) is 10.7 Å². The average molecular weight is 195 g/mol. The van der Waals surface area contributed by atoms with Crippen molar-refractivity contribution in [1.29, 1.82) is 0 Å². The lowest BCUT2D eigenvalue weighted by Crippen LogP contribution is -2.10. The van der Waals surface area contributed by atoms with Gasteiger partial charge in [-0.15, -0.1) is 0 Å². The molecule has 0 heterocycles. The highest BCUT2D eigenvalue weighted by Gasteiger charge is 2.10. The molecular weight excluding hydrogens is 182 g/mol. The molecule has 0 bridgehead atoms. The van der Waals surface area contributed by atoms with Gasteiger partial charge in [-0.3, -0.25) is 4.99 Å². The minimum Gasteiger partial charge on any atom is -0.388 e. The molecule has 3 nitrogen and oxygen atoms in total. The molecule has 3 N–H and O–H groups in total. The summed E-state index contributed by atoms with van der Waals surface area (Å²) in [6.07, 6.45) is -0.935. The fourth-order valence-corrected chi connectivity index (χ4v) is 1.07. The Bertz CT molecular complexity index is 335. The monoisotopic (exact) mass is 195 g/mol. The molecule has 0 saturated heterocycles. The van der Waals surface area contributed by atoms with Gasteiger partial charge in [-0.1, -0.05) is 18.2 Å². The second-order valence-electron chi connectivity index (χ2n) is 3.02. The van der Waals surface area contributed by atoms with Gasteiger partial charge in [-0.05, 0) is 13.0 Å². The predicted octanol–water partition coefficient (Wildman–Crippen LogP) is 1.24. The molecule has 1 aromatic carbocycles. The van der Waals surface area contributed by atoms with Crippen LogP contribution in [-0.2, 0) is 0 Å². The molecule has 1 atom stereocenters. The van der Waals surface area contributed by atoms with E-state index in [2.05, 4.69) is 4.99 Å². The Labute approximate surface area is 82.1 Å². The van der Waals surface area contributed by atoms with Gasteiger partial charge < -0.3 is 10.8 Å². The Morgan fingerprint density at radius 2 is 2.21 bits per heavy atom. The number of rotatable bonds is 3. The van der Waals surface area contributed by atoms with Crippen LogP contribution in [0.3, 0.4) is 0 Å². The second-order valence-corrected chi connectivity index (χ2v) is 3.02. The van der Waals surface area contributed by atoms with Crippen molar-refractivity contribution >= 4 is 5.84 Å². The van der Waals surface area contributed by atoms with E-state index in [0.717, 1.165) is 0 Å². The van der Waals surface area contributed by atoms with E-state index >= 15 is 0 Å². The van der Waals surface area contributed by atoms with E-state index in [9.17, 15) is 9.50 Å². The number of aliphatic hydroxyl groups excluding tert-OH is 1. The minimum atomic E-state index is -0.935. The van der Waals surface area contributed by atoms with Crippen LogP contribution in [0.1, 0.15) is 18.6 Å². The van der Waals surface area contributed by atoms with Crippen LogP contribution in [0.15, 0.2) is 29.3 Å². The number of amidine groups is 1. The van der Waals surface area contributed by atoms with Crippen LogP contribution in [0.5, 0.6) is 0 Å². The summed E-state index contributed by atoms with van der Waals surface area (Å²) in [5.74, 6) is -0.0507. The third kappa shape index (κ3) is 2.81. The highest BCUT2D eigenvalue weighted by molar-refractivity contribution is 5.77. The van der Waals surface area contributed by atoms with Gasteiger partial charge in [0.1, 0.15) is 11.9 Å². The number of hydrogen-bond acceptors (Lipinski definition) is 2. The molecular formula is C10H13FN2O. The summed E-state index contributed by atoms with van der Waals surface area (Å²) in [4.78, 5) is 3.82. The molecule has 0 spiro atoms. The first-order valence-corrected chi connectivity index (χ1v) is 4.30. The van der Waals surface area contributed by atoms with E-state index in [4.69, 9.17) is 5.73 Å². The number of hydrogen-bond donors (Lipinski definition) is 2. The predicted molar refractivity (Wildman–Crippen MR) is 53.5 cm³/mol. The topological polar surface area (TPSA) is 58.6 Å². The highest BCUT2D eigenvalue weighted by Crippen LogP contribution is 2.16. The third-order valence-electron chi connectivity index (χ3n) is 1.78. The van der Waals surface area contributed by atoms with Crippen molar-refractivity contribution in [3.05, 3.63) is 35.6 Å². The summed E-state index contributed by atoms with van der Waals surface area (Å²) in [5, 5.41) is 9.55. The van der Waals surface area contributed by atoms with Crippen molar-refractivity contribution in [2.75, 3.05) is 6.54 Å². The first-order chi connectivity index (χ1) is 6.61. The van der Waals surface area contributed by atoms with Crippen molar-refractivity contribution in [1.82, 2.24) is 0 Å². The molecule has 0 aliphatic carbocycles.